The molecule has 74 valence electrons. The molecule has 4 nitrogen and oxygen atoms in total. The molecule has 0 amide bonds. The molecule has 0 saturated heterocycles. The number of rotatable bonds is 3. The van der Waals surface area contributed by atoms with E-state index >= 15 is 0 Å². The van der Waals surface area contributed by atoms with Crippen molar-refractivity contribution in [1.82, 2.24) is 9.97 Å². The van der Waals surface area contributed by atoms with Gasteiger partial charge in [0, 0.05) is 23.2 Å². The first-order valence-corrected chi connectivity index (χ1v) is 6.71. The topological polar surface area (TPSA) is 65.7 Å². The highest BCUT2D eigenvalue weighted by molar-refractivity contribution is 8.72. The molecule has 2 aromatic heterocycles. The van der Waals surface area contributed by atoms with Crippen LogP contribution in [0.3, 0.4) is 0 Å². The zero-order valence-electron chi connectivity index (χ0n) is 7.10. The predicted molar refractivity (Wildman–Crippen MR) is 54.6 cm³/mol. The van der Waals surface area contributed by atoms with Crippen LogP contribution in [0.2, 0.25) is 0 Å². The summed E-state index contributed by atoms with van der Waals surface area (Å²) in [6.07, 6.45) is 3.27. The smallest absolute Gasteiger partial charge is 0.251 e. The van der Waals surface area contributed by atoms with Crippen LogP contribution in [0.15, 0.2) is 46.7 Å². The first-order valence-electron chi connectivity index (χ1n) is 3.90. The van der Waals surface area contributed by atoms with Crippen LogP contribution in [-0.2, 0) is 8.87 Å². The molecule has 0 spiro atoms. The molecule has 0 unspecified atom stereocenters. The van der Waals surface area contributed by atoms with Gasteiger partial charge in [0.05, 0.1) is 5.03 Å². The molecule has 2 aromatic rings. The first kappa shape index (κ1) is 9.42. The van der Waals surface area contributed by atoms with Gasteiger partial charge in [-0.1, -0.05) is 0 Å². The third-order valence-corrected chi connectivity index (χ3v) is 4.79. The average Bonchev–Trinajstić information content (AvgIpc) is 2.71. The summed E-state index contributed by atoms with van der Waals surface area (Å²) in [5.41, 5.74) is 0. The van der Waals surface area contributed by atoms with Crippen molar-refractivity contribution < 1.29 is 8.42 Å². The number of hydrogen-bond acceptors (Lipinski definition) is 3. The third kappa shape index (κ3) is 1.85. The highest BCUT2D eigenvalue weighted by Gasteiger charge is 2.17. The van der Waals surface area contributed by atoms with Crippen molar-refractivity contribution >= 4 is 19.7 Å². The van der Waals surface area contributed by atoms with Gasteiger partial charge in [-0.2, -0.15) is 0 Å². The SMILES string of the molecule is O=S(=O)(Sc1ccc[nH]1)c1ccc[nH]1. The molecular formula is C8H8N2O2S2. The largest absolute Gasteiger partial charge is 0.356 e. The van der Waals surface area contributed by atoms with E-state index in [9.17, 15) is 8.42 Å². The molecule has 0 atom stereocenters. The van der Waals surface area contributed by atoms with Gasteiger partial charge in [0.25, 0.3) is 8.87 Å². The quantitative estimate of drug-likeness (QED) is 0.787. The van der Waals surface area contributed by atoms with E-state index in [0.29, 0.717) is 5.03 Å². The Morgan fingerprint density at radius 3 is 2.36 bits per heavy atom. The van der Waals surface area contributed by atoms with Crippen molar-refractivity contribution in [3.05, 3.63) is 36.7 Å². The van der Waals surface area contributed by atoms with Crippen LogP contribution in [0.25, 0.3) is 0 Å². The lowest BCUT2D eigenvalue weighted by Gasteiger charge is -1.98. The van der Waals surface area contributed by atoms with Gasteiger partial charge in [-0.15, -0.1) is 0 Å². The molecule has 0 saturated carbocycles. The second-order valence-electron chi connectivity index (χ2n) is 2.61. The summed E-state index contributed by atoms with van der Waals surface area (Å²) in [5.74, 6) is 0. The van der Waals surface area contributed by atoms with Gasteiger partial charge in [-0.05, 0) is 24.3 Å². The highest BCUT2D eigenvalue weighted by Crippen LogP contribution is 2.28. The van der Waals surface area contributed by atoms with Crippen LogP contribution in [-0.4, -0.2) is 18.4 Å². The van der Waals surface area contributed by atoms with E-state index in [4.69, 9.17) is 0 Å². The Balaban J connectivity index is 2.27. The Hall–Kier alpha value is -1.14. The lowest BCUT2D eigenvalue weighted by atomic mass is 10.7. The van der Waals surface area contributed by atoms with Crippen molar-refractivity contribution in [1.29, 1.82) is 0 Å². The third-order valence-electron chi connectivity index (χ3n) is 1.61. The summed E-state index contributed by atoms with van der Waals surface area (Å²) in [5, 5.41) is 0.830. The molecule has 14 heavy (non-hydrogen) atoms. The van der Waals surface area contributed by atoms with E-state index in [1.54, 1.807) is 30.6 Å². The molecule has 0 aromatic carbocycles. The van der Waals surface area contributed by atoms with Crippen LogP contribution < -0.4 is 0 Å². The molecular weight excluding hydrogens is 220 g/mol. The fourth-order valence-electron chi connectivity index (χ4n) is 0.998. The van der Waals surface area contributed by atoms with Gasteiger partial charge in [0.15, 0.2) is 0 Å². The average molecular weight is 228 g/mol. The molecule has 0 aliphatic rings. The number of nitrogens with one attached hydrogen (secondary N) is 2. The van der Waals surface area contributed by atoms with Crippen LogP contribution in [0, 0.1) is 0 Å². The molecule has 6 heteroatoms. The second kappa shape index (κ2) is 3.55. The molecule has 0 fully saturated rings. The van der Waals surface area contributed by atoms with Crippen molar-refractivity contribution in [2.75, 3.05) is 0 Å². The summed E-state index contributed by atoms with van der Waals surface area (Å²) < 4.78 is 23.3. The summed E-state index contributed by atoms with van der Waals surface area (Å²) in [7, 11) is -2.51. The van der Waals surface area contributed by atoms with Crippen LogP contribution in [0.5, 0.6) is 0 Å². The van der Waals surface area contributed by atoms with Crippen molar-refractivity contribution in [3.8, 4) is 0 Å². The molecule has 0 radical (unpaired) electrons. The van der Waals surface area contributed by atoms with Gasteiger partial charge >= 0.3 is 0 Å². The van der Waals surface area contributed by atoms with Gasteiger partial charge < -0.3 is 9.97 Å². The van der Waals surface area contributed by atoms with Gasteiger partial charge in [0.2, 0.25) is 0 Å². The molecule has 2 N–H and O–H groups in total. The molecule has 0 aliphatic heterocycles. The van der Waals surface area contributed by atoms with Gasteiger partial charge in [0.1, 0.15) is 5.03 Å². The minimum absolute atomic E-state index is 0.220. The zero-order valence-corrected chi connectivity index (χ0v) is 8.73. The summed E-state index contributed by atoms with van der Waals surface area (Å²) >= 11 is 0. The Labute approximate surface area is 85.1 Å². The monoisotopic (exact) mass is 228 g/mol. The second-order valence-corrected chi connectivity index (χ2v) is 6.38. The Bertz CT molecular complexity index is 485. The molecule has 0 bridgehead atoms. The molecule has 0 aliphatic carbocycles. The maximum Gasteiger partial charge on any atom is 0.251 e. The normalized spacial score (nSPS) is 11.7. The van der Waals surface area contributed by atoms with Gasteiger partial charge in [-0.3, -0.25) is 0 Å². The number of hydrogen-bond donors (Lipinski definition) is 2. The van der Waals surface area contributed by atoms with E-state index in [0.717, 1.165) is 10.8 Å². The summed E-state index contributed by atoms with van der Waals surface area (Å²) in [6.45, 7) is 0. The standard InChI is InChI=1S/C8H8N2O2S2/c11-14(12,8-4-2-6-10-8)13-7-3-1-5-9-7/h1-6,9-10H. The minimum atomic E-state index is -3.31. The Morgan fingerprint density at radius 2 is 1.79 bits per heavy atom. The maximum absolute atomic E-state index is 11.7. The summed E-state index contributed by atoms with van der Waals surface area (Å²) in [6, 6.07) is 6.66. The molecule has 2 rings (SSSR count). The van der Waals surface area contributed by atoms with Crippen LogP contribution >= 0.6 is 10.8 Å². The number of aromatic nitrogens is 2. The Kier molecular flexibility index (Phi) is 2.39. The van der Waals surface area contributed by atoms with Crippen molar-refractivity contribution in [2.45, 2.75) is 10.1 Å². The van der Waals surface area contributed by atoms with E-state index in [1.807, 2.05) is 0 Å². The van der Waals surface area contributed by atoms with Crippen molar-refractivity contribution in [2.24, 2.45) is 0 Å². The maximum atomic E-state index is 11.7. The predicted octanol–water partition coefficient (Wildman–Crippen LogP) is 1.82. The highest BCUT2D eigenvalue weighted by atomic mass is 33.1. The first-order chi connectivity index (χ1) is 6.68. The van der Waals surface area contributed by atoms with Gasteiger partial charge in [-0.25, -0.2) is 8.42 Å². The minimum Gasteiger partial charge on any atom is -0.356 e. The number of aromatic amines is 2. The van der Waals surface area contributed by atoms with E-state index in [2.05, 4.69) is 9.97 Å². The van der Waals surface area contributed by atoms with Crippen molar-refractivity contribution in [3.63, 3.8) is 0 Å². The lowest BCUT2D eigenvalue weighted by molar-refractivity contribution is 0.607. The fraction of sp³-hybridized carbons (Fsp3) is 0. The van der Waals surface area contributed by atoms with Crippen LogP contribution in [0.4, 0.5) is 0 Å². The molecule has 2 heterocycles. The number of H-pyrrole nitrogens is 2. The Morgan fingerprint density at radius 1 is 1.07 bits per heavy atom. The van der Waals surface area contributed by atoms with E-state index in [1.165, 1.54) is 6.07 Å². The zero-order chi connectivity index (χ0) is 10.0. The summed E-state index contributed by atoms with van der Waals surface area (Å²) in [4.78, 5) is 5.49. The van der Waals surface area contributed by atoms with E-state index < -0.39 is 8.87 Å². The van der Waals surface area contributed by atoms with E-state index in [-0.39, 0.29) is 5.03 Å². The lowest BCUT2D eigenvalue weighted by Crippen LogP contribution is -1.94. The fourth-order valence-corrected chi connectivity index (χ4v) is 3.63. The van der Waals surface area contributed by atoms with Crippen LogP contribution in [0.1, 0.15) is 0 Å².